The molecule has 0 aliphatic rings. The molecule has 0 unspecified atom stereocenters. The van der Waals surface area contributed by atoms with E-state index in [1.54, 1.807) is 7.11 Å². The van der Waals surface area contributed by atoms with Gasteiger partial charge in [0.25, 0.3) is 0 Å². The molecule has 1 aromatic heterocycles. The molecule has 0 atom stereocenters. The Balaban J connectivity index is 0.00000162. The number of aromatic nitrogens is 1. The van der Waals surface area contributed by atoms with E-state index < -0.39 is 0 Å². The molecule has 1 heterocycles. The van der Waals surface area contributed by atoms with Gasteiger partial charge in [0.2, 0.25) is 5.03 Å². The maximum atomic E-state index is 5.22. The fourth-order valence-electron chi connectivity index (χ4n) is 1.58. The Morgan fingerprint density at radius 3 is 2.72 bits per heavy atom. The lowest BCUT2D eigenvalue weighted by Gasteiger charge is -2.03. The molecule has 1 aromatic carbocycles. The van der Waals surface area contributed by atoms with E-state index in [0.29, 0.717) is 0 Å². The van der Waals surface area contributed by atoms with Crippen molar-refractivity contribution in [3.05, 3.63) is 54.2 Å². The van der Waals surface area contributed by atoms with Crippen molar-refractivity contribution in [3.8, 4) is 5.75 Å². The summed E-state index contributed by atoms with van der Waals surface area (Å²) in [5.41, 5.74) is 1.28. The van der Waals surface area contributed by atoms with Crippen LogP contribution in [0.3, 0.4) is 0 Å². The van der Waals surface area contributed by atoms with Crippen molar-refractivity contribution in [2.24, 2.45) is 7.05 Å². The van der Waals surface area contributed by atoms with Crippen LogP contribution in [-0.4, -0.2) is 7.11 Å². The molecule has 0 bridgehead atoms. The monoisotopic (exact) mass is 281 g/mol. The van der Waals surface area contributed by atoms with E-state index in [1.165, 1.54) is 10.6 Å². The van der Waals surface area contributed by atoms with E-state index in [0.717, 1.165) is 11.5 Å². The third-order valence-corrected chi connectivity index (χ3v) is 3.73. The van der Waals surface area contributed by atoms with Crippen LogP contribution in [0.5, 0.6) is 5.75 Å². The predicted molar refractivity (Wildman–Crippen MR) is 70.2 cm³/mol. The molecule has 96 valence electrons. The van der Waals surface area contributed by atoms with Gasteiger partial charge in [-0.15, -0.1) is 0 Å². The highest BCUT2D eigenvalue weighted by Crippen LogP contribution is 2.21. The number of nitrogens with zero attached hydrogens (tertiary/aromatic N) is 1. The summed E-state index contributed by atoms with van der Waals surface area (Å²) in [5, 5.41) is 1.26. The van der Waals surface area contributed by atoms with E-state index >= 15 is 0 Å². The number of hydrogen-bond acceptors (Lipinski definition) is 2. The molecule has 0 aliphatic carbocycles. The summed E-state index contributed by atoms with van der Waals surface area (Å²) in [6.07, 6.45) is 2.06. The highest BCUT2D eigenvalue weighted by Gasteiger charge is 2.05. The summed E-state index contributed by atoms with van der Waals surface area (Å²) >= 11 is 1.83. The lowest BCUT2D eigenvalue weighted by atomic mass is 10.2. The molecule has 0 spiro atoms. The molecule has 0 saturated heterocycles. The zero-order chi connectivity index (χ0) is 12.1. The Labute approximate surface area is 118 Å². The summed E-state index contributed by atoms with van der Waals surface area (Å²) in [6, 6.07) is 14.4. The van der Waals surface area contributed by atoms with Crippen LogP contribution >= 0.6 is 11.8 Å². The number of pyridine rings is 1. The van der Waals surface area contributed by atoms with E-state index in [1.807, 2.05) is 30.0 Å². The van der Waals surface area contributed by atoms with Gasteiger partial charge in [-0.1, -0.05) is 23.9 Å². The smallest absolute Gasteiger partial charge is 0.240 e. The van der Waals surface area contributed by atoms with Gasteiger partial charge in [0.15, 0.2) is 6.20 Å². The first-order chi connectivity index (χ1) is 8.29. The highest BCUT2D eigenvalue weighted by atomic mass is 35.5. The Morgan fingerprint density at radius 1 is 1.17 bits per heavy atom. The molecular formula is C14H16ClNOS. The number of rotatable bonds is 4. The van der Waals surface area contributed by atoms with Gasteiger partial charge in [-0.25, -0.2) is 0 Å². The fourth-order valence-corrected chi connectivity index (χ4v) is 2.51. The second kappa shape index (κ2) is 7.29. The quantitative estimate of drug-likeness (QED) is 0.570. The van der Waals surface area contributed by atoms with Gasteiger partial charge >= 0.3 is 0 Å². The third-order valence-electron chi connectivity index (χ3n) is 2.53. The third kappa shape index (κ3) is 3.93. The molecule has 18 heavy (non-hydrogen) atoms. The van der Waals surface area contributed by atoms with Crippen LogP contribution in [0.15, 0.2) is 53.7 Å². The van der Waals surface area contributed by atoms with Crippen molar-refractivity contribution in [1.29, 1.82) is 0 Å². The minimum atomic E-state index is 0. The Kier molecular flexibility index (Phi) is 6.02. The van der Waals surface area contributed by atoms with Gasteiger partial charge in [0.05, 0.1) is 7.11 Å². The summed E-state index contributed by atoms with van der Waals surface area (Å²) in [7, 11) is 3.76. The molecule has 0 amide bonds. The van der Waals surface area contributed by atoms with Crippen LogP contribution in [0.2, 0.25) is 0 Å². The van der Waals surface area contributed by atoms with E-state index in [2.05, 4.69) is 42.1 Å². The van der Waals surface area contributed by atoms with E-state index in [-0.39, 0.29) is 12.4 Å². The summed E-state index contributed by atoms with van der Waals surface area (Å²) < 4.78 is 7.35. The molecule has 0 fully saturated rings. The fraction of sp³-hybridized carbons (Fsp3) is 0.214. The second-order valence-electron chi connectivity index (χ2n) is 3.79. The van der Waals surface area contributed by atoms with Gasteiger partial charge in [0, 0.05) is 17.9 Å². The van der Waals surface area contributed by atoms with Crippen molar-refractivity contribution < 1.29 is 21.7 Å². The van der Waals surface area contributed by atoms with Crippen LogP contribution in [0.4, 0.5) is 0 Å². The molecule has 0 N–H and O–H groups in total. The SMILES string of the molecule is COc1cccc(CSc2cccc[n+]2C)c1.[Cl-]. The number of benzene rings is 1. The average molecular weight is 282 g/mol. The van der Waals surface area contributed by atoms with Crippen molar-refractivity contribution in [2.75, 3.05) is 7.11 Å². The van der Waals surface area contributed by atoms with Crippen LogP contribution < -0.4 is 21.7 Å². The topological polar surface area (TPSA) is 13.1 Å². The van der Waals surface area contributed by atoms with Crippen LogP contribution in [-0.2, 0) is 12.8 Å². The summed E-state index contributed by atoms with van der Waals surface area (Å²) in [6.45, 7) is 0. The Hall–Kier alpha value is -1.19. The molecule has 4 heteroatoms. The van der Waals surface area contributed by atoms with Crippen molar-refractivity contribution >= 4 is 11.8 Å². The molecule has 0 saturated carbocycles. The predicted octanol–water partition coefficient (Wildman–Crippen LogP) is -0.184. The summed E-state index contributed by atoms with van der Waals surface area (Å²) in [4.78, 5) is 0. The summed E-state index contributed by atoms with van der Waals surface area (Å²) in [5.74, 6) is 1.87. The first kappa shape index (κ1) is 14.9. The van der Waals surface area contributed by atoms with Gasteiger partial charge in [-0.05, 0) is 23.8 Å². The number of aryl methyl sites for hydroxylation is 1. The zero-order valence-corrected chi connectivity index (χ0v) is 12.0. The first-order valence-electron chi connectivity index (χ1n) is 5.50. The lowest BCUT2D eigenvalue weighted by Crippen LogP contribution is -3.00. The van der Waals surface area contributed by atoms with Gasteiger partial charge in [-0.3, -0.25) is 0 Å². The number of halogens is 1. The minimum Gasteiger partial charge on any atom is -1.00 e. The molecular weight excluding hydrogens is 266 g/mol. The highest BCUT2D eigenvalue weighted by molar-refractivity contribution is 7.98. The maximum absolute atomic E-state index is 5.22. The Morgan fingerprint density at radius 2 is 2.00 bits per heavy atom. The van der Waals surface area contributed by atoms with Crippen LogP contribution in [0.25, 0.3) is 0 Å². The molecule has 2 rings (SSSR count). The molecule has 2 aromatic rings. The second-order valence-corrected chi connectivity index (χ2v) is 4.79. The van der Waals surface area contributed by atoms with Crippen molar-refractivity contribution in [2.45, 2.75) is 10.8 Å². The molecule has 0 radical (unpaired) electrons. The number of hydrogen-bond donors (Lipinski definition) is 0. The largest absolute Gasteiger partial charge is 1.00 e. The normalized spacial score (nSPS) is 9.67. The number of thioether (sulfide) groups is 1. The van der Waals surface area contributed by atoms with Crippen LogP contribution in [0.1, 0.15) is 5.56 Å². The standard InChI is InChI=1S/C14H16NOS.ClH/c1-15-9-4-3-8-14(15)17-11-12-6-5-7-13(10-12)16-2;/h3-10H,11H2,1-2H3;1H/q+1;/p-1. The van der Waals surface area contributed by atoms with E-state index in [9.17, 15) is 0 Å². The lowest BCUT2D eigenvalue weighted by molar-refractivity contribution is -0.708. The molecule has 2 nitrogen and oxygen atoms in total. The Bertz CT molecular complexity index is 505. The number of methoxy groups -OCH3 is 1. The van der Waals surface area contributed by atoms with Crippen molar-refractivity contribution in [1.82, 2.24) is 0 Å². The van der Waals surface area contributed by atoms with Gasteiger partial charge in [-0.2, -0.15) is 4.57 Å². The first-order valence-corrected chi connectivity index (χ1v) is 6.48. The maximum Gasteiger partial charge on any atom is 0.240 e. The molecule has 0 aliphatic heterocycles. The van der Waals surface area contributed by atoms with Crippen molar-refractivity contribution in [3.63, 3.8) is 0 Å². The number of ether oxygens (including phenoxy) is 1. The van der Waals surface area contributed by atoms with Crippen LogP contribution in [0, 0.1) is 0 Å². The minimum absolute atomic E-state index is 0. The van der Waals surface area contributed by atoms with Gasteiger partial charge in [0.1, 0.15) is 12.8 Å². The average Bonchev–Trinajstić information content (AvgIpc) is 2.38. The zero-order valence-electron chi connectivity index (χ0n) is 10.5. The van der Waals surface area contributed by atoms with E-state index in [4.69, 9.17) is 4.74 Å². The van der Waals surface area contributed by atoms with Gasteiger partial charge < -0.3 is 17.1 Å².